The fraction of sp³-hybridized carbons (Fsp3) is 0.189. The molecule has 43 heavy (non-hydrogen) atoms. The van der Waals surface area contributed by atoms with Crippen molar-refractivity contribution < 1.29 is 15.6 Å². The number of hydrogen-bond donors (Lipinski definition) is 0. The van der Waals surface area contributed by atoms with Gasteiger partial charge in [-0.1, -0.05) is 119 Å². The van der Waals surface area contributed by atoms with Crippen molar-refractivity contribution in [1.82, 2.24) is 0 Å². The fourth-order valence-corrected chi connectivity index (χ4v) is 5.51. The van der Waals surface area contributed by atoms with Crippen LogP contribution in [0.3, 0.4) is 0 Å². The van der Waals surface area contributed by atoms with E-state index in [-0.39, 0.29) is 0 Å². The first kappa shape index (κ1) is 31.4. The zero-order valence-corrected chi connectivity index (χ0v) is 28.8. The van der Waals surface area contributed by atoms with Gasteiger partial charge in [0.2, 0.25) is 0 Å². The van der Waals surface area contributed by atoms with Crippen LogP contribution in [-0.2, 0) is 17.5 Å². The second kappa shape index (κ2) is 14.6. The van der Waals surface area contributed by atoms with Crippen molar-refractivity contribution >= 4 is 62.0 Å². The Morgan fingerprint density at radius 3 is 1.77 bits per heavy atom. The Balaban J connectivity index is 0.00000118. The van der Waals surface area contributed by atoms with Crippen LogP contribution in [0.1, 0.15) is 67.3 Å². The van der Waals surface area contributed by atoms with Crippen molar-refractivity contribution in [2.24, 2.45) is 9.98 Å². The first-order valence-corrected chi connectivity index (χ1v) is 19.2. The van der Waals surface area contributed by atoms with Crippen LogP contribution in [0.2, 0.25) is 0 Å². The number of halogens is 2. The fourth-order valence-electron chi connectivity index (χ4n) is 5.51. The molecule has 3 nitrogen and oxygen atoms in total. The number of ether oxygens (including phenoxy) is 1. The van der Waals surface area contributed by atoms with Crippen LogP contribution in [0, 0.1) is 0 Å². The van der Waals surface area contributed by atoms with Gasteiger partial charge in [0.1, 0.15) is 12.4 Å². The van der Waals surface area contributed by atoms with Crippen LogP contribution in [0.25, 0.3) is 10.8 Å². The van der Waals surface area contributed by atoms with E-state index in [0.29, 0.717) is 18.4 Å². The van der Waals surface area contributed by atoms with E-state index in [2.05, 4.69) is 123 Å². The molecule has 0 aliphatic heterocycles. The molecule has 0 saturated carbocycles. The molecule has 0 N–H and O–H groups in total. The van der Waals surface area contributed by atoms with Crippen LogP contribution in [0.5, 0.6) is 5.75 Å². The molecule has 0 fully saturated rings. The number of benzene rings is 5. The molecule has 1 aliphatic carbocycles. The molecule has 0 bridgehead atoms. The normalized spacial score (nSPS) is 14.1. The first-order chi connectivity index (χ1) is 20.9. The van der Waals surface area contributed by atoms with E-state index in [1.807, 2.05) is 42.5 Å². The third-order valence-electron chi connectivity index (χ3n) is 7.57. The summed E-state index contributed by atoms with van der Waals surface area (Å²) in [6, 6.07) is 37.7. The van der Waals surface area contributed by atoms with E-state index < -0.39 is 0 Å². The Bertz CT molecular complexity index is 1750. The van der Waals surface area contributed by atoms with Gasteiger partial charge in [-0.15, -0.1) is 0 Å². The van der Waals surface area contributed by atoms with Crippen molar-refractivity contribution in [3.05, 3.63) is 137 Å². The third kappa shape index (κ3) is 7.04. The minimum absolute atomic E-state index is 0.355. The molecule has 0 heterocycles. The molecule has 5 aromatic carbocycles. The maximum atomic E-state index is 6.12. The van der Waals surface area contributed by atoms with Crippen LogP contribution >= 0.6 is 28.5 Å². The van der Waals surface area contributed by atoms with Crippen LogP contribution < -0.4 is 4.74 Å². The van der Waals surface area contributed by atoms with E-state index in [0.717, 1.165) is 45.2 Å². The van der Waals surface area contributed by atoms with Gasteiger partial charge in [0.15, 0.2) is 0 Å². The summed E-state index contributed by atoms with van der Waals surface area (Å²) in [5.74, 6) is 1.56. The first-order valence-electron chi connectivity index (χ1n) is 14.3. The molecule has 0 amide bonds. The summed E-state index contributed by atoms with van der Waals surface area (Å²) in [5.41, 5.74) is 9.63. The molecule has 0 radical (unpaired) electrons. The average Bonchev–Trinajstić information content (AvgIpc) is 3.31. The summed E-state index contributed by atoms with van der Waals surface area (Å²) in [7, 11) is 1.25. The van der Waals surface area contributed by atoms with Crippen molar-refractivity contribution in [2.75, 3.05) is 0 Å². The zero-order valence-electron chi connectivity index (χ0n) is 24.6. The Kier molecular flexibility index (Phi) is 10.7. The van der Waals surface area contributed by atoms with E-state index in [1.165, 1.54) is 32.8 Å². The zero-order chi connectivity index (χ0) is 30.3. The number of para-hydroxylation sites is 3. The minimum atomic E-state index is 0.355. The third-order valence-corrected chi connectivity index (χ3v) is 7.57. The van der Waals surface area contributed by atoms with Crippen molar-refractivity contribution in [1.29, 1.82) is 0 Å². The van der Waals surface area contributed by atoms with Gasteiger partial charge >= 0.3 is 39.3 Å². The molecule has 5 aromatic rings. The van der Waals surface area contributed by atoms with Crippen LogP contribution in [0.15, 0.2) is 119 Å². The van der Waals surface area contributed by atoms with Gasteiger partial charge < -0.3 is 4.74 Å². The summed E-state index contributed by atoms with van der Waals surface area (Å²) < 4.78 is 6.12. The van der Waals surface area contributed by atoms with Gasteiger partial charge in [-0.25, -0.2) is 9.98 Å². The Morgan fingerprint density at radius 2 is 1.16 bits per heavy atom. The quantitative estimate of drug-likeness (QED) is 0.153. The number of rotatable bonds is 7. The average molecular weight is 741 g/mol. The topological polar surface area (TPSA) is 34.0 Å². The predicted molar refractivity (Wildman–Crippen MR) is 186 cm³/mol. The molecule has 0 spiro atoms. The van der Waals surface area contributed by atoms with Gasteiger partial charge in [-0.2, -0.15) is 0 Å². The van der Waals surface area contributed by atoms with Gasteiger partial charge in [-0.3, -0.25) is 0 Å². The van der Waals surface area contributed by atoms with Gasteiger partial charge in [0, 0.05) is 22.1 Å². The predicted octanol–water partition coefficient (Wildman–Crippen LogP) is 11.6. The molecule has 6 heteroatoms. The van der Waals surface area contributed by atoms with Crippen LogP contribution in [0.4, 0.5) is 11.4 Å². The van der Waals surface area contributed by atoms with Gasteiger partial charge in [0.05, 0.1) is 22.8 Å². The molecular weight excluding hydrogens is 707 g/mol. The van der Waals surface area contributed by atoms with E-state index in [4.69, 9.17) is 14.7 Å². The summed E-state index contributed by atoms with van der Waals surface area (Å²) in [5, 5.41) is 2.42. The monoisotopic (exact) mass is 738 g/mol. The molecule has 6 rings (SSSR count). The van der Waals surface area contributed by atoms with E-state index in [1.54, 1.807) is 0 Å². The number of aliphatic imine (C=N–C) groups is 2. The molecular formula is C37H34Br2N2NiO. The van der Waals surface area contributed by atoms with Crippen LogP contribution in [-0.4, -0.2) is 11.4 Å². The second-order valence-corrected chi connectivity index (χ2v) is 16.0. The molecule has 0 aromatic heterocycles. The van der Waals surface area contributed by atoms with Crippen molar-refractivity contribution in [2.45, 2.75) is 46.1 Å². The SMILES string of the molecule is CC(C)c1cccc(C(C)C)c1N=C1C(=Nc2ccccc2COc2ccccc2)c2cccc3cccc1c23.[Br][Ni][Br]. The van der Waals surface area contributed by atoms with Gasteiger partial charge in [-0.05, 0) is 46.5 Å². The molecule has 222 valence electrons. The Hall–Kier alpha value is -3.05. The van der Waals surface area contributed by atoms with E-state index in [9.17, 15) is 0 Å². The summed E-state index contributed by atoms with van der Waals surface area (Å²) in [6.45, 7) is 9.40. The Labute approximate surface area is 274 Å². The molecule has 0 atom stereocenters. The van der Waals surface area contributed by atoms with Crippen molar-refractivity contribution in [3.63, 3.8) is 0 Å². The standard InChI is InChI=1S/C37H34N2O.2BrH.Ni/c1-24(2)29-18-12-19-30(25(3)4)35(29)39-37-32-21-11-15-26-14-10-20-31(34(26)32)36(37)38-33-22-9-8-13-27(33)23-40-28-16-6-5-7-17-28;;;/h5-22,24-25H,23H2,1-4H3;2*1H;/q;;;+2/p-2. The number of hydrogen-bond acceptors (Lipinski definition) is 3. The molecule has 0 unspecified atom stereocenters. The van der Waals surface area contributed by atoms with E-state index >= 15 is 0 Å². The summed E-state index contributed by atoms with van der Waals surface area (Å²) >= 11 is 6.00. The Morgan fingerprint density at radius 1 is 0.628 bits per heavy atom. The maximum absolute atomic E-state index is 6.12. The second-order valence-electron chi connectivity index (χ2n) is 11.0. The summed E-state index contributed by atoms with van der Waals surface area (Å²) in [4.78, 5) is 10.8. The number of nitrogens with zero attached hydrogens (tertiary/aromatic N) is 2. The molecule has 0 saturated heterocycles. The molecule has 1 aliphatic rings. The summed E-state index contributed by atoms with van der Waals surface area (Å²) in [6.07, 6.45) is 0. The van der Waals surface area contributed by atoms with Gasteiger partial charge in [0.25, 0.3) is 0 Å². The van der Waals surface area contributed by atoms with Crippen molar-refractivity contribution in [3.8, 4) is 5.75 Å².